The lowest BCUT2D eigenvalue weighted by Gasteiger charge is -2.30. The van der Waals surface area contributed by atoms with E-state index < -0.39 is 0 Å². The van der Waals surface area contributed by atoms with Crippen molar-refractivity contribution in [2.45, 2.75) is 12.8 Å². The molecule has 2 N–H and O–H groups in total. The molecule has 7 nitrogen and oxygen atoms in total. The molecule has 1 saturated heterocycles. The van der Waals surface area contributed by atoms with Crippen LogP contribution in [0, 0.1) is 5.92 Å². The van der Waals surface area contributed by atoms with E-state index in [1.807, 2.05) is 11.0 Å². The van der Waals surface area contributed by atoms with Gasteiger partial charge in [-0.15, -0.1) is 0 Å². The topological polar surface area (TPSA) is 83.6 Å². The van der Waals surface area contributed by atoms with E-state index >= 15 is 0 Å². The lowest BCUT2D eigenvalue weighted by atomic mass is 9.98. The van der Waals surface area contributed by atoms with Gasteiger partial charge in [0, 0.05) is 12.7 Å². The van der Waals surface area contributed by atoms with E-state index in [1.165, 1.54) is 7.11 Å². The molecule has 114 valence electrons. The number of anilines is 1. The largest absolute Gasteiger partial charge is 0.469 e. The number of nitrogens with zero attached hydrogens (tertiary/aromatic N) is 2. The monoisotopic (exact) mass is 292 g/mol. The third-order valence-electron chi connectivity index (χ3n) is 3.40. The maximum atomic E-state index is 11.9. The third kappa shape index (κ3) is 4.71. The van der Waals surface area contributed by atoms with Crippen LogP contribution in [-0.2, 0) is 14.3 Å². The molecule has 1 amide bonds. The second-order valence-electron chi connectivity index (χ2n) is 4.99. The van der Waals surface area contributed by atoms with Crippen LogP contribution < -0.4 is 10.9 Å². The zero-order chi connectivity index (χ0) is 15.1. The van der Waals surface area contributed by atoms with E-state index in [1.54, 1.807) is 18.3 Å². The minimum atomic E-state index is -0.202. The van der Waals surface area contributed by atoms with Gasteiger partial charge in [0.1, 0.15) is 5.82 Å². The normalized spacial score (nSPS) is 18.8. The van der Waals surface area contributed by atoms with Crippen molar-refractivity contribution in [1.29, 1.82) is 0 Å². The smallest absolute Gasteiger partial charge is 0.309 e. The predicted octanol–water partition coefficient (Wildman–Crippen LogP) is 0.410. The van der Waals surface area contributed by atoms with Crippen LogP contribution in [0.4, 0.5) is 5.82 Å². The zero-order valence-electron chi connectivity index (χ0n) is 12.0. The molecule has 0 aromatic carbocycles. The minimum absolute atomic E-state index is 0.139. The number of esters is 1. The first kappa shape index (κ1) is 15.2. The van der Waals surface area contributed by atoms with Gasteiger partial charge in [-0.2, -0.15) is 0 Å². The highest BCUT2D eigenvalue weighted by Crippen LogP contribution is 2.17. The summed E-state index contributed by atoms with van der Waals surface area (Å²) in [7, 11) is 1.39. The fourth-order valence-electron chi connectivity index (χ4n) is 2.37. The molecule has 0 aliphatic carbocycles. The van der Waals surface area contributed by atoms with Gasteiger partial charge in [0.15, 0.2) is 0 Å². The average molecular weight is 292 g/mol. The van der Waals surface area contributed by atoms with Crippen LogP contribution in [0.5, 0.6) is 0 Å². The summed E-state index contributed by atoms with van der Waals surface area (Å²) in [5.41, 5.74) is 5.35. The summed E-state index contributed by atoms with van der Waals surface area (Å²) < 4.78 is 4.76. The van der Waals surface area contributed by atoms with Gasteiger partial charge >= 0.3 is 5.97 Å². The van der Waals surface area contributed by atoms with Crippen molar-refractivity contribution < 1.29 is 14.3 Å². The predicted molar refractivity (Wildman–Crippen MR) is 77.2 cm³/mol. The Balaban J connectivity index is 1.76. The van der Waals surface area contributed by atoms with Gasteiger partial charge in [-0.25, -0.2) is 4.98 Å². The highest BCUT2D eigenvalue weighted by atomic mass is 16.5. The Kier molecular flexibility index (Phi) is 5.51. The summed E-state index contributed by atoms with van der Waals surface area (Å²) in [6.45, 7) is 1.61. The summed E-state index contributed by atoms with van der Waals surface area (Å²) >= 11 is 0. The number of hydrogen-bond donors (Lipinski definition) is 2. The highest BCUT2D eigenvalue weighted by molar-refractivity contribution is 5.79. The van der Waals surface area contributed by atoms with Crippen molar-refractivity contribution in [3.63, 3.8) is 0 Å². The first-order chi connectivity index (χ1) is 10.2. The van der Waals surface area contributed by atoms with E-state index in [-0.39, 0.29) is 24.3 Å². The van der Waals surface area contributed by atoms with Crippen molar-refractivity contribution in [2.24, 2.45) is 5.92 Å². The lowest BCUT2D eigenvalue weighted by molar-refractivity contribution is -0.147. The third-order valence-corrected chi connectivity index (χ3v) is 3.40. The Bertz CT molecular complexity index is 480. The summed E-state index contributed by atoms with van der Waals surface area (Å²) in [4.78, 5) is 29.4. The second kappa shape index (κ2) is 7.58. The molecular weight excluding hydrogens is 272 g/mol. The summed E-state index contributed by atoms with van der Waals surface area (Å²) in [5, 5.41) is 0. The van der Waals surface area contributed by atoms with Gasteiger partial charge in [0.2, 0.25) is 0 Å². The maximum Gasteiger partial charge on any atom is 0.309 e. The van der Waals surface area contributed by atoms with Crippen LogP contribution in [-0.4, -0.2) is 48.5 Å². The number of hydrogen-bond acceptors (Lipinski definition) is 6. The number of rotatable bonds is 5. The van der Waals surface area contributed by atoms with Crippen LogP contribution in [0.15, 0.2) is 24.4 Å². The number of pyridine rings is 1. The van der Waals surface area contributed by atoms with Crippen molar-refractivity contribution >= 4 is 17.7 Å². The molecule has 0 saturated carbocycles. The Morgan fingerprint density at radius 3 is 3.05 bits per heavy atom. The number of nitrogens with one attached hydrogen (secondary N) is 2. The summed E-state index contributed by atoms with van der Waals surface area (Å²) in [6.07, 6.45) is 3.35. The number of carbonyl (C=O) groups is 2. The van der Waals surface area contributed by atoms with Gasteiger partial charge in [-0.05, 0) is 31.5 Å². The first-order valence-corrected chi connectivity index (χ1v) is 6.95. The summed E-state index contributed by atoms with van der Waals surface area (Å²) in [6, 6.07) is 5.38. The van der Waals surface area contributed by atoms with Crippen LogP contribution in [0.3, 0.4) is 0 Å². The van der Waals surface area contributed by atoms with Crippen molar-refractivity contribution in [1.82, 2.24) is 15.3 Å². The van der Waals surface area contributed by atoms with E-state index in [0.29, 0.717) is 12.4 Å². The molecule has 1 atom stereocenters. The number of methoxy groups -OCH3 is 1. The maximum absolute atomic E-state index is 11.9. The SMILES string of the molecule is COC(=O)C1CCCN(CC(=O)NNc2ccccn2)C1. The van der Waals surface area contributed by atoms with Crippen LogP contribution in [0.1, 0.15) is 12.8 Å². The fraction of sp³-hybridized carbons (Fsp3) is 0.500. The van der Waals surface area contributed by atoms with Gasteiger partial charge in [0.25, 0.3) is 5.91 Å². The van der Waals surface area contributed by atoms with Gasteiger partial charge < -0.3 is 4.74 Å². The molecule has 0 bridgehead atoms. The number of likely N-dealkylation sites (tertiary alicyclic amines) is 1. The minimum Gasteiger partial charge on any atom is -0.469 e. The van der Waals surface area contributed by atoms with Crippen LogP contribution in [0.2, 0.25) is 0 Å². The number of carbonyl (C=O) groups excluding carboxylic acids is 2. The van der Waals surface area contributed by atoms with Crippen LogP contribution in [0.25, 0.3) is 0 Å². The van der Waals surface area contributed by atoms with Crippen molar-refractivity contribution in [3.05, 3.63) is 24.4 Å². The lowest BCUT2D eigenvalue weighted by Crippen LogP contribution is -2.45. The molecule has 21 heavy (non-hydrogen) atoms. The van der Waals surface area contributed by atoms with E-state index in [9.17, 15) is 9.59 Å². The number of piperidine rings is 1. The standard InChI is InChI=1S/C14H20N4O3/c1-21-14(20)11-5-4-8-18(9-11)10-13(19)17-16-12-6-2-3-7-15-12/h2-3,6-7,11H,4-5,8-10H2,1H3,(H,15,16)(H,17,19). The number of aromatic nitrogens is 1. The molecule has 1 fully saturated rings. The molecule has 1 unspecified atom stereocenters. The van der Waals surface area contributed by atoms with E-state index in [2.05, 4.69) is 15.8 Å². The number of hydrazine groups is 1. The van der Waals surface area contributed by atoms with Gasteiger partial charge in [-0.1, -0.05) is 6.07 Å². The quantitative estimate of drug-likeness (QED) is 0.604. The molecular formula is C14H20N4O3. The van der Waals surface area contributed by atoms with Crippen LogP contribution >= 0.6 is 0 Å². The Hall–Kier alpha value is -2.15. The number of amides is 1. The molecule has 0 spiro atoms. The van der Waals surface area contributed by atoms with E-state index in [4.69, 9.17) is 4.74 Å². The molecule has 2 rings (SSSR count). The van der Waals surface area contributed by atoms with Crippen molar-refractivity contribution in [3.8, 4) is 0 Å². The average Bonchev–Trinajstić information content (AvgIpc) is 2.53. The Morgan fingerprint density at radius 1 is 1.48 bits per heavy atom. The molecule has 1 aliphatic heterocycles. The molecule has 1 aromatic rings. The summed E-state index contributed by atoms with van der Waals surface area (Å²) in [5.74, 6) is 0.0788. The van der Waals surface area contributed by atoms with Crippen molar-refractivity contribution in [2.75, 3.05) is 32.2 Å². The Morgan fingerprint density at radius 2 is 2.33 bits per heavy atom. The first-order valence-electron chi connectivity index (χ1n) is 6.95. The van der Waals surface area contributed by atoms with Gasteiger partial charge in [-0.3, -0.25) is 25.3 Å². The Labute approximate surface area is 123 Å². The number of ether oxygens (including phenoxy) is 1. The molecule has 7 heteroatoms. The molecule has 1 aliphatic rings. The van der Waals surface area contributed by atoms with Gasteiger partial charge in [0.05, 0.1) is 19.6 Å². The highest BCUT2D eigenvalue weighted by Gasteiger charge is 2.27. The molecule has 0 radical (unpaired) electrons. The van der Waals surface area contributed by atoms with E-state index in [0.717, 1.165) is 19.4 Å². The fourth-order valence-corrected chi connectivity index (χ4v) is 2.37. The molecule has 1 aromatic heterocycles. The zero-order valence-corrected chi connectivity index (χ0v) is 12.0. The second-order valence-corrected chi connectivity index (χ2v) is 4.99. The molecule has 2 heterocycles.